The Hall–Kier alpha value is -4.97. The number of ether oxygens (including phenoxy) is 1. The molecule has 5 aromatic rings. The third kappa shape index (κ3) is 6.52. The van der Waals surface area contributed by atoms with Crippen LogP contribution >= 0.6 is 11.6 Å². The first kappa shape index (κ1) is 31.0. The molecule has 0 saturated heterocycles. The lowest BCUT2D eigenvalue weighted by atomic mass is 9.96. The zero-order chi connectivity index (χ0) is 32.6. The molecule has 13 heteroatoms. The van der Waals surface area contributed by atoms with E-state index in [1.54, 1.807) is 42.3 Å². The van der Waals surface area contributed by atoms with Crippen LogP contribution < -0.4 is 15.6 Å². The number of nitrogens with one attached hydrogen (secondary N) is 1. The molecule has 6 rings (SSSR count). The largest absolute Gasteiger partial charge is 0.573 e. The number of carbonyl (C=O) groups is 1. The maximum absolute atomic E-state index is 13.8. The van der Waals surface area contributed by atoms with Crippen molar-refractivity contribution in [2.24, 2.45) is 13.0 Å². The Bertz CT molecular complexity index is 1970. The number of anilines is 1. The molecule has 1 aliphatic heterocycles. The topological polar surface area (TPSA) is 104 Å². The standard InChI is InChI=1S/C33H28ClF3N6O3/c1-19-4-3-5-29(27-14-21(12-13-38-27)31-28(41-32(19)45)17-40-42(31)2)43-18-39-26(16-30(43)44)25-15-22(34)8-11-24(25)20-6-9-23(10-7-20)46-33(35,36)37/h6-19,29H,3-5H2,1-2H3,(H,41,45). The molecular formula is C33H28ClF3N6O3. The van der Waals surface area contributed by atoms with Crippen molar-refractivity contribution in [3.05, 3.63) is 100 Å². The van der Waals surface area contributed by atoms with Gasteiger partial charge in [-0.25, -0.2) is 4.98 Å². The zero-order valence-electron chi connectivity index (χ0n) is 24.8. The van der Waals surface area contributed by atoms with E-state index in [9.17, 15) is 22.8 Å². The van der Waals surface area contributed by atoms with Crippen LogP contribution in [0.25, 0.3) is 33.6 Å². The van der Waals surface area contributed by atoms with E-state index in [0.29, 0.717) is 58.1 Å². The highest BCUT2D eigenvalue weighted by molar-refractivity contribution is 6.31. The van der Waals surface area contributed by atoms with E-state index in [1.807, 2.05) is 19.1 Å². The zero-order valence-corrected chi connectivity index (χ0v) is 25.5. The van der Waals surface area contributed by atoms with Gasteiger partial charge in [0.1, 0.15) is 5.75 Å². The quantitative estimate of drug-likeness (QED) is 0.220. The van der Waals surface area contributed by atoms with Crippen molar-refractivity contribution in [3.8, 4) is 39.4 Å². The highest BCUT2D eigenvalue weighted by Crippen LogP contribution is 2.36. The van der Waals surface area contributed by atoms with Crippen molar-refractivity contribution >= 4 is 23.2 Å². The summed E-state index contributed by atoms with van der Waals surface area (Å²) < 4.78 is 45.2. The van der Waals surface area contributed by atoms with Crippen LogP contribution in [0.3, 0.4) is 0 Å². The molecule has 0 saturated carbocycles. The Balaban J connectivity index is 1.39. The fourth-order valence-corrected chi connectivity index (χ4v) is 5.86. The molecule has 0 spiro atoms. The summed E-state index contributed by atoms with van der Waals surface area (Å²) in [7, 11) is 1.79. The van der Waals surface area contributed by atoms with Gasteiger partial charge in [-0.3, -0.25) is 23.8 Å². The number of nitrogens with zero attached hydrogens (tertiary/aromatic N) is 5. The van der Waals surface area contributed by atoms with Gasteiger partial charge in [-0.1, -0.05) is 43.1 Å². The molecule has 3 aromatic heterocycles. The molecule has 46 heavy (non-hydrogen) atoms. The van der Waals surface area contributed by atoms with E-state index in [-0.39, 0.29) is 23.1 Å². The number of aryl methyl sites for hydroxylation is 1. The van der Waals surface area contributed by atoms with Gasteiger partial charge in [0.25, 0.3) is 5.56 Å². The molecule has 0 aliphatic carbocycles. The van der Waals surface area contributed by atoms with E-state index >= 15 is 0 Å². The van der Waals surface area contributed by atoms with Crippen molar-refractivity contribution in [1.29, 1.82) is 0 Å². The number of benzene rings is 2. The van der Waals surface area contributed by atoms with Crippen LogP contribution in [0.4, 0.5) is 18.9 Å². The van der Waals surface area contributed by atoms with E-state index < -0.39 is 12.4 Å². The van der Waals surface area contributed by atoms with Crippen LogP contribution in [0, 0.1) is 5.92 Å². The number of aromatic nitrogens is 5. The predicted octanol–water partition coefficient (Wildman–Crippen LogP) is 7.27. The van der Waals surface area contributed by atoms with E-state index in [2.05, 4.69) is 25.1 Å². The van der Waals surface area contributed by atoms with Gasteiger partial charge in [0, 0.05) is 41.4 Å². The molecule has 0 fully saturated rings. The van der Waals surface area contributed by atoms with Crippen molar-refractivity contribution in [2.75, 3.05) is 5.32 Å². The van der Waals surface area contributed by atoms with Crippen LogP contribution in [0.1, 0.15) is 37.9 Å². The first-order valence-corrected chi connectivity index (χ1v) is 14.9. The second kappa shape index (κ2) is 12.4. The normalized spacial score (nSPS) is 17.0. The van der Waals surface area contributed by atoms with Gasteiger partial charge >= 0.3 is 6.36 Å². The summed E-state index contributed by atoms with van der Waals surface area (Å²) >= 11 is 6.33. The molecule has 4 heterocycles. The Labute approximate surface area is 266 Å². The summed E-state index contributed by atoms with van der Waals surface area (Å²) in [4.78, 5) is 36.0. The molecular weight excluding hydrogens is 621 g/mol. The lowest BCUT2D eigenvalue weighted by Gasteiger charge is -2.22. The van der Waals surface area contributed by atoms with Gasteiger partial charge in [0.2, 0.25) is 5.91 Å². The van der Waals surface area contributed by atoms with Crippen LogP contribution in [-0.2, 0) is 11.8 Å². The Kier molecular flexibility index (Phi) is 8.39. The van der Waals surface area contributed by atoms with E-state index in [0.717, 1.165) is 11.3 Å². The second-order valence-corrected chi connectivity index (χ2v) is 11.6. The number of hydrogen-bond acceptors (Lipinski definition) is 6. The summed E-state index contributed by atoms with van der Waals surface area (Å²) in [6, 6.07) is 15.1. The summed E-state index contributed by atoms with van der Waals surface area (Å²) in [5, 5.41) is 7.73. The summed E-state index contributed by atoms with van der Waals surface area (Å²) in [5.74, 6) is -0.729. The second-order valence-electron chi connectivity index (χ2n) is 11.1. The minimum absolute atomic E-state index is 0.108. The van der Waals surface area contributed by atoms with Crippen molar-refractivity contribution < 1.29 is 22.7 Å². The van der Waals surface area contributed by atoms with Crippen LogP contribution in [0.5, 0.6) is 5.75 Å². The van der Waals surface area contributed by atoms with Gasteiger partial charge < -0.3 is 10.1 Å². The third-order valence-corrected chi connectivity index (χ3v) is 8.22. The number of pyridine rings is 1. The van der Waals surface area contributed by atoms with Crippen LogP contribution in [0.2, 0.25) is 5.02 Å². The maximum atomic E-state index is 13.8. The monoisotopic (exact) mass is 648 g/mol. The molecule has 2 unspecified atom stereocenters. The van der Waals surface area contributed by atoms with Gasteiger partial charge in [0.05, 0.1) is 41.3 Å². The molecule has 0 radical (unpaired) electrons. The lowest BCUT2D eigenvalue weighted by Crippen LogP contribution is -2.27. The van der Waals surface area contributed by atoms with Crippen LogP contribution in [-0.4, -0.2) is 36.6 Å². The fraction of sp³-hybridized carbons (Fsp3) is 0.242. The Morgan fingerprint density at radius 1 is 0.957 bits per heavy atom. The SMILES string of the molecule is CC1CCCC(n2cnc(-c3cc(Cl)ccc3-c3ccc(OC(F)(F)F)cc3)cc2=O)c2cc(ccn2)-c2c(cnn2C)NC1=O. The molecule has 2 atom stereocenters. The number of halogens is 4. The number of rotatable bonds is 4. The average molecular weight is 649 g/mol. The molecule has 1 amide bonds. The number of carbonyl (C=O) groups excluding carboxylic acids is 1. The van der Waals surface area contributed by atoms with Crippen molar-refractivity contribution in [2.45, 2.75) is 38.6 Å². The number of fused-ring (bicyclic) bond motifs is 4. The summed E-state index contributed by atoms with van der Waals surface area (Å²) in [6.45, 7) is 1.87. The first-order chi connectivity index (χ1) is 22.0. The maximum Gasteiger partial charge on any atom is 0.573 e. The predicted molar refractivity (Wildman–Crippen MR) is 167 cm³/mol. The molecule has 9 nitrogen and oxygen atoms in total. The van der Waals surface area contributed by atoms with Gasteiger partial charge in [0.15, 0.2) is 0 Å². The highest BCUT2D eigenvalue weighted by Gasteiger charge is 2.31. The Morgan fingerprint density at radius 3 is 2.48 bits per heavy atom. The van der Waals surface area contributed by atoms with E-state index in [4.69, 9.17) is 11.6 Å². The molecule has 1 aliphatic rings. The summed E-state index contributed by atoms with van der Waals surface area (Å²) in [5.41, 5.74) is 4.50. The fourth-order valence-electron chi connectivity index (χ4n) is 5.69. The van der Waals surface area contributed by atoms with Crippen molar-refractivity contribution in [3.63, 3.8) is 0 Å². The van der Waals surface area contributed by atoms with Gasteiger partial charge in [-0.2, -0.15) is 5.10 Å². The minimum atomic E-state index is -4.81. The number of amides is 1. The first-order valence-electron chi connectivity index (χ1n) is 14.5. The molecule has 2 bridgehead atoms. The van der Waals surface area contributed by atoms with Gasteiger partial charge in [-0.05, 0) is 60.4 Å². The smallest absolute Gasteiger partial charge is 0.406 e. The third-order valence-electron chi connectivity index (χ3n) is 7.98. The molecule has 2 aromatic carbocycles. The minimum Gasteiger partial charge on any atom is -0.406 e. The molecule has 1 N–H and O–H groups in total. The number of hydrogen-bond donors (Lipinski definition) is 1. The number of alkyl halides is 3. The van der Waals surface area contributed by atoms with Crippen molar-refractivity contribution in [1.82, 2.24) is 24.3 Å². The Morgan fingerprint density at radius 2 is 1.74 bits per heavy atom. The van der Waals surface area contributed by atoms with Crippen LogP contribution in [0.15, 0.2) is 84.2 Å². The highest BCUT2D eigenvalue weighted by atomic mass is 35.5. The molecule has 236 valence electrons. The summed E-state index contributed by atoms with van der Waals surface area (Å²) in [6.07, 6.45) is 1.72. The van der Waals surface area contributed by atoms with E-state index in [1.165, 1.54) is 41.2 Å². The lowest BCUT2D eigenvalue weighted by molar-refractivity contribution is -0.274. The van der Waals surface area contributed by atoms with Gasteiger partial charge in [-0.15, -0.1) is 13.2 Å². The average Bonchev–Trinajstić information content (AvgIpc) is 3.38.